The highest BCUT2D eigenvalue weighted by Gasteiger charge is 2.15. The minimum atomic E-state index is -0.271. The first-order valence-corrected chi connectivity index (χ1v) is 8.74. The number of hydrogen-bond acceptors (Lipinski definition) is 3. The van der Waals surface area contributed by atoms with Crippen LogP contribution in [0.1, 0.15) is 38.8 Å². The molecular weight excluding hydrogens is 376 g/mol. The molecule has 0 aliphatic heterocycles. The quantitative estimate of drug-likeness (QED) is 0.638. The molecule has 0 saturated carbocycles. The summed E-state index contributed by atoms with van der Waals surface area (Å²) in [4.78, 5) is 0. The summed E-state index contributed by atoms with van der Waals surface area (Å²) in [6.45, 7) is 9.73. The monoisotopic (exact) mass is 401 g/mol. The highest BCUT2D eigenvalue weighted by Crippen LogP contribution is 2.37. The van der Waals surface area contributed by atoms with Gasteiger partial charge in [-0.1, -0.05) is 23.7 Å². The fraction of sp³-hybridized carbons (Fsp3) is 0.400. The van der Waals surface area contributed by atoms with E-state index in [1.165, 1.54) is 12.1 Å². The van der Waals surface area contributed by atoms with E-state index in [4.69, 9.17) is 21.1 Å². The summed E-state index contributed by atoms with van der Waals surface area (Å²) in [5, 5.41) is 3.93. The first kappa shape index (κ1) is 22.6. The number of halogens is 3. The van der Waals surface area contributed by atoms with E-state index in [-0.39, 0.29) is 23.8 Å². The maximum Gasteiger partial charge on any atom is 0.180 e. The normalized spacial score (nSPS) is 11.0. The van der Waals surface area contributed by atoms with Gasteiger partial charge >= 0.3 is 0 Å². The lowest BCUT2D eigenvalue weighted by atomic mass is 10.1. The summed E-state index contributed by atoms with van der Waals surface area (Å²) >= 11 is 6.42. The van der Waals surface area contributed by atoms with E-state index in [0.29, 0.717) is 36.3 Å². The molecule has 2 aromatic carbocycles. The number of nitrogens with one attached hydrogen (secondary N) is 1. The van der Waals surface area contributed by atoms with E-state index in [1.54, 1.807) is 12.1 Å². The fourth-order valence-corrected chi connectivity index (χ4v) is 2.52. The van der Waals surface area contributed by atoms with Crippen molar-refractivity contribution >= 4 is 24.0 Å². The average molecular weight is 402 g/mol. The van der Waals surface area contributed by atoms with Crippen molar-refractivity contribution in [2.45, 2.75) is 46.4 Å². The molecule has 0 heterocycles. The lowest BCUT2D eigenvalue weighted by Crippen LogP contribution is -2.35. The van der Waals surface area contributed by atoms with E-state index in [1.807, 2.05) is 19.1 Å². The van der Waals surface area contributed by atoms with Crippen LogP contribution in [0.25, 0.3) is 0 Å². The van der Waals surface area contributed by atoms with Crippen molar-refractivity contribution < 1.29 is 13.9 Å². The molecule has 3 nitrogen and oxygen atoms in total. The van der Waals surface area contributed by atoms with E-state index < -0.39 is 0 Å². The van der Waals surface area contributed by atoms with Gasteiger partial charge in [-0.3, -0.25) is 0 Å². The molecule has 0 unspecified atom stereocenters. The van der Waals surface area contributed by atoms with Gasteiger partial charge in [-0.15, -0.1) is 12.4 Å². The molecule has 2 aromatic rings. The van der Waals surface area contributed by atoms with Gasteiger partial charge in [-0.25, -0.2) is 4.39 Å². The molecule has 0 aliphatic carbocycles. The molecule has 0 aliphatic rings. The van der Waals surface area contributed by atoms with Gasteiger partial charge in [0.15, 0.2) is 11.5 Å². The van der Waals surface area contributed by atoms with Crippen LogP contribution in [0, 0.1) is 5.82 Å². The topological polar surface area (TPSA) is 30.5 Å². The van der Waals surface area contributed by atoms with Crippen molar-refractivity contribution in [1.29, 1.82) is 0 Å². The number of hydrogen-bond donors (Lipinski definition) is 1. The molecular formula is C20H26Cl2FNO2. The van der Waals surface area contributed by atoms with E-state index in [9.17, 15) is 4.39 Å². The highest BCUT2D eigenvalue weighted by atomic mass is 35.5. The minimum absolute atomic E-state index is 0. The minimum Gasteiger partial charge on any atom is -0.490 e. The van der Waals surface area contributed by atoms with Gasteiger partial charge < -0.3 is 14.8 Å². The van der Waals surface area contributed by atoms with Crippen molar-refractivity contribution in [1.82, 2.24) is 5.32 Å². The summed E-state index contributed by atoms with van der Waals surface area (Å²) in [7, 11) is 0. The second-order valence-electron chi connectivity index (χ2n) is 6.86. The number of rotatable bonds is 7. The number of ether oxygens (including phenoxy) is 2. The standard InChI is InChI=1S/C20H25ClFNO2.ClH/c1-5-24-18-11-15(12-23-20(2,3)4)10-17(21)19(18)25-13-14-6-8-16(22)9-7-14;/h6-11,23H,5,12-13H2,1-4H3;1H. The van der Waals surface area contributed by atoms with Crippen LogP contribution in [0.2, 0.25) is 5.02 Å². The molecule has 1 N–H and O–H groups in total. The van der Waals surface area contributed by atoms with Gasteiger partial charge in [0.1, 0.15) is 12.4 Å². The highest BCUT2D eigenvalue weighted by molar-refractivity contribution is 6.32. The van der Waals surface area contributed by atoms with Gasteiger partial charge in [-0.2, -0.15) is 0 Å². The lowest BCUT2D eigenvalue weighted by Gasteiger charge is -2.21. The van der Waals surface area contributed by atoms with Crippen molar-refractivity contribution in [2.24, 2.45) is 0 Å². The fourth-order valence-electron chi connectivity index (χ4n) is 2.23. The molecule has 26 heavy (non-hydrogen) atoms. The van der Waals surface area contributed by atoms with Crippen LogP contribution < -0.4 is 14.8 Å². The Morgan fingerprint density at radius 1 is 1.04 bits per heavy atom. The molecule has 0 aromatic heterocycles. The molecule has 0 radical (unpaired) electrons. The van der Waals surface area contributed by atoms with Gasteiger partial charge in [0, 0.05) is 12.1 Å². The Hall–Kier alpha value is -1.49. The van der Waals surface area contributed by atoms with Crippen molar-refractivity contribution in [3.8, 4) is 11.5 Å². The van der Waals surface area contributed by atoms with E-state index >= 15 is 0 Å². The van der Waals surface area contributed by atoms with Gasteiger partial charge in [0.05, 0.1) is 11.6 Å². The predicted octanol–water partition coefficient (Wildman–Crippen LogP) is 5.77. The summed E-state index contributed by atoms with van der Waals surface area (Å²) in [5.74, 6) is 0.850. The van der Waals surface area contributed by atoms with Crippen LogP contribution in [-0.2, 0) is 13.2 Å². The Kier molecular flexibility index (Phi) is 8.68. The average Bonchev–Trinajstić information content (AvgIpc) is 2.53. The Morgan fingerprint density at radius 3 is 2.27 bits per heavy atom. The predicted molar refractivity (Wildman–Crippen MR) is 107 cm³/mol. The summed E-state index contributed by atoms with van der Waals surface area (Å²) in [6, 6.07) is 10.0. The zero-order valence-electron chi connectivity index (χ0n) is 15.6. The second kappa shape index (κ2) is 10.0. The molecule has 0 amide bonds. The van der Waals surface area contributed by atoms with Crippen LogP contribution >= 0.6 is 24.0 Å². The van der Waals surface area contributed by atoms with E-state index in [0.717, 1.165) is 11.1 Å². The molecule has 144 valence electrons. The maximum atomic E-state index is 13.0. The third kappa shape index (κ3) is 7.02. The summed E-state index contributed by atoms with van der Waals surface area (Å²) in [5.41, 5.74) is 1.90. The maximum absolute atomic E-state index is 13.0. The van der Waals surface area contributed by atoms with Crippen LogP contribution in [0.4, 0.5) is 4.39 Å². The molecule has 0 saturated heterocycles. The largest absolute Gasteiger partial charge is 0.490 e. The Bertz CT molecular complexity index is 700. The van der Waals surface area contributed by atoms with Gasteiger partial charge in [-0.05, 0) is 63.1 Å². The van der Waals surface area contributed by atoms with Crippen molar-refractivity contribution in [2.75, 3.05) is 6.61 Å². The van der Waals surface area contributed by atoms with Gasteiger partial charge in [0.25, 0.3) is 0 Å². The van der Waals surface area contributed by atoms with Gasteiger partial charge in [0.2, 0.25) is 0 Å². The van der Waals surface area contributed by atoms with E-state index in [2.05, 4.69) is 26.1 Å². The molecule has 0 atom stereocenters. The Labute approximate surface area is 166 Å². The summed E-state index contributed by atoms with van der Waals surface area (Å²) in [6.07, 6.45) is 0. The summed E-state index contributed by atoms with van der Waals surface area (Å²) < 4.78 is 24.5. The molecule has 6 heteroatoms. The van der Waals surface area contributed by atoms with Crippen molar-refractivity contribution in [3.05, 3.63) is 58.4 Å². The molecule has 0 fully saturated rings. The molecule has 2 rings (SSSR count). The first-order chi connectivity index (χ1) is 11.8. The molecule has 0 spiro atoms. The number of benzene rings is 2. The Morgan fingerprint density at radius 2 is 1.69 bits per heavy atom. The van der Waals surface area contributed by atoms with Crippen LogP contribution in [0.3, 0.4) is 0 Å². The third-order valence-electron chi connectivity index (χ3n) is 3.49. The zero-order valence-corrected chi connectivity index (χ0v) is 17.1. The second-order valence-corrected chi connectivity index (χ2v) is 7.26. The SMILES string of the molecule is CCOc1cc(CNC(C)(C)C)cc(Cl)c1OCc1ccc(F)cc1.Cl. The van der Waals surface area contributed by atoms with Crippen LogP contribution in [-0.4, -0.2) is 12.1 Å². The zero-order chi connectivity index (χ0) is 18.4. The Balaban J connectivity index is 0.00000338. The lowest BCUT2D eigenvalue weighted by molar-refractivity contribution is 0.269. The van der Waals surface area contributed by atoms with Crippen LogP contribution in [0.15, 0.2) is 36.4 Å². The van der Waals surface area contributed by atoms with Crippen molar-refractivity contribution in [3.63, 3.8) is 0 Å². The third-order valence-corrected chi connectivity index (χ3v) is 3.77. The smallest absolute Gasteiger partial charge is 0.180 e. The first-order valence-electron chi connectivity index (χ1n) is 8.36. The van der Waals surface area contributed by atoms with Crippen LogP contribution in [0.5, 0.6) is 11.5 Å². The molecule has 0 bridgehead atoms.